The zero-order chi connectivity index (χ0) is 29.0. The molecule has 0 N–H and O–H groups in total. The van der Waals surface area contributed by atoms with Crippen molar-refractivity contribution in [2.75, 3.05) is 7.11 Å². The molecule has 210 valence electrons. The van der Waals surface area contributed by atoms with Gasteiger partial charge in [-0.3, -0.25) is 4.79 Å². The lowest BCUT2D eigenvalue weighted by Gasteiger charge is -2.17. The van der Waals surface area contributed by atoms with Gasteiger partial charge in [-0.15, -0.1) is 13.2 Å². The Morgan fingerprint density at radius 3 is 2.38 bits per heavy atom. The van der Waals surface area contributed by atoms with Gasteiger partial charge in [0.15, 0.2) is 11.9 Å². The number of ketones is 1. The summed E-state index contributed by atoms with van der Waals surface area (Å²) in [5, 5.41) is 0.952. The van der Waals surface area contributed by atoms with Crippen molar-refractivity contribution >= 4 is 34.3 Å². The molecule has 3 aromatic carbocycles. The summed E-state index contributed by atoms with van der Waals surface area (Å²) in [5.74, 6) is -0.738. The Bertz CT molecular complexity index is 1530. The van der Waals surface area contributed by atoms with Crippen molar-refractivity contribution in [1.82, 2.24) is 4.57 Å². The van der Waals surface area contributed by atoms with Crippen LogP contribution in [0.4, 0.5) is 13.2 Å². The highest BCUT2D eigenvalue weighted by Crippen LogP contribution is 2.34. The first-order valence-corrected chi connectivity index (χ1v) is 12.9. The van der Waals surface area contributed by atoms with Gasteiger partial charge in [0.1, 0.15) is 11.5 Å². The summed E-state index contributed by atoms with van der Waals surface area (Å²) in [7, 11) is 1.30. The fraction of sp³-hybridized carbons (Fsp3) is 0.267. The topological polar surface area (TPSA) is 66.8 Å². The van der Waals surface area contributed by atoms with Gasteiger partial charge in [0.25, 0.3) is 0 Å². The van der Waals surface area contributed by atoms with Crippen molar-refractivity contribution in [1.29, 1.82) is 0 Å². The highest BCUT2D eigenvalue weighted by molar-refractivity contribution is 6.30. The number of nitrogens with zero attached hydrogens (tertiary/aromatic N) is 1. The zero-order valence-corrected chi connectivity index (χ0v) is 22.8. The molecule has 0 saturated carbocycles. The average Bonchev–Trinajstić information content (AvgIpc) is 3.17. The number of rotatable bonds is 10. The Labute approximate surface area is 234 Å². The first kappa shape index (κ1) is 29.0. The van der Waals surface area contributed by atoms with Crippen LogP contribution in [0.5, 0.6) is 11.5 Å². The number of aromatic nitrogens is 1. The standard InChI is InChI=1S/C30H27ClF3NO5/c1-4-6-26(29(37)38-3)39-22-8-5-7-19(15-22)17-35-18(2)27(28(36)20-9-11-21(31)12-10-20)24-14-13-23(16-25(24)35)40-30(32,33)34/h5,7-16,26H,4,6,17H2,1-3H3/t26-/m0/s1. The van der Waals surface area contributed by atoms with Crippen LogP contribution >= 0.6 is 11.6 Å². The van der Waals surface area contributed by atoms with Crippen LogP contribution in [0.2, 0.25) is 5.02 Å². The molecule has 0 fully saturated rings. The normalized spacial score (nSPS) is 12.3. The predicted molar refractivity (Wildman–Crippen MR) is 145 cm³/mol. The molecule has 0 aliphatic rings. The molecule has 0 saturated heterocycles. The Hall–Kier alpha value is -3.98. The summed E-state index contributed by atoms with van der Waals surface area (Å²) in [6.45, 7) is 3.87. The van der Waals surface area contributed by atoms with Crippen LogP contribution in [0.25, 0.3) is 10.9 Å². The average molecular weight is 574 g/mol. The van der Waals surface area contributed by atoms with Crippen LogP contribution in [-0.4, -0.2) is 35.9 Å². The van der Waals surface area contributed by atoms with Crippen LogP contribution < -0.4 is 9.47 Å². The number of halogens is 4. The molecule has 0 radical (unpaired) electrons. The van der Waals surface area contributed by atoms with Gasteiger partial charge in [0, 0.05) is 34.3 Å². The molecular weight excluding hydrogens is 547 g/mol. The molecule has 6 nitrogen and oxygen atoms in total. The first-order chi connectivity index (χ1) is 19.0. The van der Waals surface area contributed by atoms with Gasteiger partial charge in [0.05, 0.1) is 18.2 Å². The molecule has 10 heteroatoms. The van der Waals surface area contributed by atoms with E-state index >= 15 is 0 Å². The highest BCUT2D eigenvalue weighted by Gasteiger charge is 2.32. The molecule has 0 aliphatic carbocycles. The van der Waals surface area contributed by atoms with E-state index in [2.05, 4.69) is 4.74 Å². The number of benzene rings is 3. The fourth-order valence-electron chi connectivity index (χ4n) is 4.57. The minimum absolute atomic E-state index is 0.208. The van der Waals surface area contributed by atoms with Gasteiger partial charge < -0.3 is 18.8 Å². The van der Waals surface area contributed by atoms with E-state index in [1.54, 1.807) is 54.0 Å². The van der Waals surface area contributed by atoms with E-state index in [1.165, 1.54) is 25.3 Å². The van der Waals surface area contributed by atoms with E-state index in [1.807, 2.05) is 13.0 Å². The second-order valence-electron chi connectivity index (χ2n) is 9.18. The lowest BCUT2D eigenvalue weighted by Crippen LogP contribution is -2.28. The number of carbonyl (C=O) groups is 2. The maximum Gasteiger partial charge on any atom is 0.573 e. The molecule has 4 rings (SSSR count). The lowest BCUT2D eigenvalue weighted by molar-refractivity contribution is -0.274. The quantitative estimate of drug-likeness (QED) is 0.145. The summed E-state index contributed by atoms with van der Waals surface area (Å²) in [6.07, 6.45) is -4.47. The molecule has 1 aromatic heterocycles. The Balaban J connectivity index is 1.77. The molecule has 0 spiro atoms. The number of hydrogen-bond acceptors (Lipinski definition) is 5. The van der Waals surface area contributed by atoms with Gasteiger partial charge in [-0.2, -0.15) is 0 Å². The van der Waals surface area contributed by atoms with Crippen molar-refractivity contribution in [3.05, 3.63) is 94.1 Å². The van der Waals surface area contributed by atoms with Crippen molar-refractivity contribution in [2.24, 2.45) is 0 Å². The van der Waals surface area contributed by atoms with Crippen molar-refractivity contribution in [3.63, 3.8) is 0 Å². The second-order valence-corrected chi connectivity index (χ2v) is 9.61. The zero-order valence-electron chi connectivity index (χ0n) is 22.0. The monoisotopic (exact) mass is 573 g/mol. The van der Waals surface area contributed by atoms with Crippen LogP contribution in [-0.2, 0) is 16.1 Å². The van der Waals surface area contributed by atoms with Gasteiger partial charge in [0.2, 0.25) is 0 Å². The number of methoxy groups -OCH3 is 1. The van der Waals surface area contributed by atoms with Gasteiger partial charge >= 0.3 is 12.3 Å². The molecule has 0 bridgehead atoms. The number of alkyl halides is 3. The maximum absolute atomic E-state index is 13.6. The Kier molecular flexibility index (Phi) is 8.73. The maximum atomic E-state index is 13.6. The fourth-order valence-corrected chi connectivity index (χ4v) is 4.70. The van der Waals surface area contributed by atoms with Crippen LogP contribution in [0.1, 0.15) is 46.9 Å². The molecular formula is C30H27ClF3NO5. The smallest absolute Gasteiger partial charge is 0.479 e. The van der Waals surface area contributed by atoms with E-state index in [0.717, 1.165) is 5.56 Å². The highest BCUT2D eigenvalue weighted by atomic mass is 35.5. The molecule has 0 unspecified atom stereocenters. The molecule has 0 aliphatic heterocycles. The van der Waals surface area contributed by atoms with E-state index in [9.17, 15) is 22.8 Å². The minimum atomic E-state index is -4.87. The number of carbonyl (C=O) groups excluding carboxylic acids is 2. The summed E-state index contributed by atoms with van der Waals surface area (Å²) in [6, 6.07) is 17.3. The predicted octanol–water partition coefficient (Wildman–Crippen LogP) is 7.50. The van der Waals surface area contributed by atoms with Crippen molar-refractivity contribution in [3.8, 4) is 11.5 Å². The van der Waals surface area contributed by atoms with Gasteiger partial charge in [-0.1, -0.05) is 37.1 Å². The Morgan fingerprint density at radius 1 is 1.00 bits per heavy atom. The summed E-state index contributed by atoms with van der Waals surface area (Å²) in [5.41, 5.74) is 2.44. The summed E-state index contributed by atoms with van der Waals surface area (Å²) < 4.78 is 55.7. The first-order valence-electron chi connectivity index (χ1n) is 12.5. The largest absolute Gasteiger partial charge is 0.573 e. The molecule has 40 heavy (non-hydrogen) atoms. The molecule has 0 amide bonds. The lowest BCUT2D eigenvalue weighted by atomic mass is 10.0. The summed E-state index contributed by atoms with van der Waals surface area (Å²) >= 11 is 5.98. The van der Waals surface area contributed by atoms with E-state index in [0.29, 0.717) is 51.3 Å². The Morgan fingerprint density at radius 2 is 1.73 bits per heavy atom. The molecule has 4 aromatic rings. The third-order valence-electron chi connectivity index (χ3n) is 6.40. The number of esters is 1. The second kappa shape index (κ2) is 12.0. The van der Waals surface area contributed by atoms with Crippen molar-refractivity contribution < 1.29 is 37.0 Å². The molecule has 1 atom stereocenters. The van der Waals surface area contributed by atoms with E-state index in [4.69, 9.17) is 21.1 Å². The number of fused-ring (bicyclic) bond motifs is 1. The van der Waals surface area contributed by atoms with Crippen LogP contribution in [0.3, 0.4) is 0 Å². The SMILES string of the molecule is CCC[C@H](Oc1cccc(Cn2c(C)c(C(=O)c3ccc(Cl)cc3)c3ccc(OC(F)(F)F)cc32)c1)C(=O)OC. The van der Waals surface area contributed by atoms with Crippen LogP contribution in [0, 0.1) is 6.92 Å². The number of hydrogen-bond donors (Lipinski definition) is 0. The minimum Gasteiger partial charge on any atom is -0.479 e. The van der Waals surface area contributed by atoms with Crippen LogP contribution in [0.15, 0.2) is 66.7 Å². The van der Waals surface area contributed by atoms with Crippen molar-refractivity contribution in [2.45, 2.75) is 45.7 Å². The van der Waals surface area contributed by atoms with Gasteiger partial charge in [-0.05, 0) is 67.4 Å². The van der Waals surface area contributed by atoms with E-state index in [-0.39, 0.29) is 12.3 Å². The summed E-state index contributed by atoms with van der Waals surface area (Å²) in [4.78, 5) is 25.7. The van der Waals surface area contributed by atoms with E-state index < -0.39 is 24.2 Å². The third-order valence-corrected chi connectivity index (χ3v) is 6.65. The van der Waals surface area contributed by atoms with Gasteiger partial charge in [-0.25, -0.2) is 4.79 Å². The molecule has 1 heterocycles. The third kappa shape index (κ3) is 6.59. The number of ether oxygens (including phenoxy) is 3.